The molecule has 0 radical (unpaired) electrons. The summed E-state index contributed by atoms with van der Waals surface area (Å²) in [6.07, 6.45) is -0.718. The lowest BCUT2D eigenvalue weighted by Gasteiger charge is -2.09. The maximum Gasteiger partial charge on any atom is 0.283 e. The quantitative estimate of drug-likeness (QED) is 0.671. The Balaban J connectivity index is 2.39. The number of hydrogen-bond donors (Lipinski definition) is 1. The zero-order chi connectivity index (χ0) is 15.6. The van der Waals surface area contributed by atoms with Gasteiger partial charge in [-0.15, -0.1) is 0 Å². The molecule has 0 saturated heterocycles. The monoisotopic (exact) mass is 303 g/mol. The lowest BCUT2D eigenvalue weighted by Crippen LogP contribution is -1.96. The number of benzene rings is 2. The predicted molar refractivity (Wildman–Crippen MR) is 83.8 cm³/mol. The fourth-order valence-electron chi connectivity index (χ4n) is 1.93. The Kier molecular flexibility index (Phi) is 4.65. The SMILES string of the molecule is Cc1ccc(Sc2ccc([C@H](C)O)cc2[N+](=O)[O-])cc1C. The Morgan fingerprint density at radius 2 is 1.86 bits per heavy atom. The first-order valence-electron chi connectivity index (χ1n) is 6.60. The van der Waals surface area contributed by atoms with E-state index in [1.165, 1.54) is 23.4 Å². The zero-order valence-corrected chi connectivity index (χ0v) is 13.0. The molecule has 0 spiro atoms. The van der Waals surface area contributed by atoms with Crippen LogP contribution in [-0.4, -0.2) is 10.0 Å². The lowest BCUT2D eigenvalue weighted by molar-refractivity contribution is -0.387. The van der Waals surface area contributed by atoms with Crippen LogP contribution < -0.4 is 0 Å². The maximum absolute atomic E-state index is 11.2. The average Bonchev–Trinajstić information content (AvgIpc) is 2.43. The van der Waals surface area contributed by atoms with Crippen molar-refractivity contribution in [3.63, 3.8) is 0 Å². The smallest absolute Gasteiger partial charge is 0.283 e. The van der Waals surface area contributed by atoms with Gasteiger partial charge in [-0.25, -0.2) is 0 Å². The number of aliphatic hydroxyl groups is 1. The number of nitro groups is 1. The summed E-state index contributed by atoms with van der Waals surface area (Å²) in [4.78, 5) is 12.4. The molecule has 0 aliphatic heterocycles. The highest BCUT2D eigenvalue weighted by Crippen LogP contribution is 2.36. The molecule has 2 aromatic carbocycles. The molecule has 0 aliphatic rings. The first kappa shape index (κ1) is 15.5. The topological polar surface area (TPSA) is 63.4 Å². The molecular formula is C16H17NO3S. The summed E-state index contributed by atoms with van der Waals surface area (Å²) < 4.78 is 0. The van der Waals surface area contributed by atoms with Gasteiger partial charge >= 0.3 is 0 Å². The first-order chi connectivity index (χ1) is 9.88. The van der Waals surface area contributed by atoms with Gasteiger partial charge in [0.25, 0.3) is 5.69 Å². The average molecular weight is 303 g/mol. The molecule has 2 aromatic rings. The van der Waals surface area contributed by atoms with Crippen LogP contribution in [0.3, 0.4) is 0 Å². The highest BCUT2D eigenvalue weighted by Gasteiger charge is 2.17. The van der Waals surface area contributed by atoms with Crippen molar-refractivity contribution in [2.24, 2.45) is 0 Å². The summed E-state index contributed by atoms with van der Waals surface area (Å²) in [5.41, 5.74) is 2.92. The van der Waals surface area contributed by atoms with Gasteiger partial charge in [-0.2, -0.15) is 0 Å². The minimum Gasteiger partial charge on any atom is -0.389 e. The van der Waals surface area contributed by atoms with Crippen LogP contribution in [0.15, 0.2) is 46.2 Å². The third kappa shape index (κ3) is 3.62. The molecule has 0 amide bonds. The molecule has 110 valence electrons. The summed E-state index contributed by atoms with van der Waals surface area (Å²) in [5, 5.41) is 20.8. The molecule has 0 saturated carbocycles. The molecule has 0 aliphatic carbocycles. The van der Waals surface area contributed by atoms with Crippen LogP contribution in [0.2, 0.25) is 0 Å². The van der Waals surface area contributed by atoms with E-state index in [1.54, 1.807) is 19.1 Å². The molecule has 5 heteroatoms. The third-order valence-corrected chi connectivity index (χ3v) is 4.42. The van der Waals surface area contributed by atoms with Crippen molar-refractivity contribution in [2.75, 3.05) is 0 Å². The summed E-state index contributed by atoms with van der Waals surface area (Å²) in [6.45, 7) is 5.64. The van der Waals surface area contributed by atoms with Gasteiger partial charge in [-0.1, -0.05) is 23.9 Å². The van der Waals surface area contributed by atoms with Crippen LogP contribution in [0.4, 0.5) is 5.69 Å². The number of aliphatic hydroxyl groups excluding tert-OH is 1. The molecule has 0 heterocycles. The molecule has 2 rings (SSSR count). The van der Waals surface area contributed by atoms with Crippen LogP contribution in [-0.2, 0) is 0 Å². The van der Waals surface area contributed by atoms with Crippen LogP contribution >= 0.6 is 11.8 Å². The van der Waals surface area contributed by atoms with Gasteiger partial charge in [-0.05, 0) is 55.7 Å². The minimum atomic E-state index is -0.718. The van der Waals surface area contributed by atoms with E-state index in [0.717, 1.165) is 10.5 Å². The van der Waals surface area contributed by atoms with Crippen LogP contribution in [0, 0.1) is 24.0 Å². The number of hydrogen-bond acceptors (Lipinski definition) is 4. The zero-order valence-electron chi connectivity index (χ0n) is 12.2. The lowest BCUT2D eigenvalue weighted by atomic mass is 10.1. The van der Waals surface area contributed by atoms with Crippen molar-refractivity contribution in [3.8, 4) is 0 Å². The fourth-order valence-corrected chi connectivity index (χ4v) is 2.93. The van der Waals surface area contributed by atoms with Gasteiger partial charge in [0.2, 0.25) is 0 Å². The van der Waals surface area contributed by atoms with Crippen molar-refractivity contribution < 1.29 is 10.0 Å². The van der Waals surface area contributed by atoms with Crippen molar-refractivity contribution in [3.05, 3.63) is 63.2 Å². The van der Waals surface area contributed by atoms with Crippen molar-refractivity contribution in [1.29, 1.82) is 0 Å². The molecule has 1 N–H and O–H groups in total. The second-order valence-corrected chi connectivity index (χ2v) is 6.12. The number of aryl methyl sites for hydroxylation is 2. The summed E-state index contributed by atoms with van der Waals surface area (Å²) >= 11 is 1.36. The molecule has 4 nitrogen and oxygen atoms in total. The highest BCUT2D eigenvalue weighted by atomic mass is 32.2. The van der Waals surface area contributed by atoms with Crippen molar-refractivity contribution in [1.82, 2.24) is 0 Å². The van der Waals surface area contributed by atoms with Crippen LogP contribution in [0.5, 0.6) is 0 Å². The Labute approximate surface area is 128 Å². The van der Waals surface area contributed by atoms with E-state index in [4.69, 9.17) is 0 Å². The summed E-state index contributed by atoms with van der Waals surface area (Å²) in [6, 6.07) is 10.8. The molecule has 0 fully saturated rings. The van der Waals surface area contributed by atoms with Gasteiger partial charge in [0, 0.05) is 11.0 Å². The highest BCUT2D eigenvalue weighted by molar-refractivity contribution is 7.99. The van der Waals surface area contributed by atoms with E-state index in [2.05, 4.69) is 0 Å². The fraction of sp³-hybridized carbons (Fsp3) is 0.250. The van der Waals surface area contributed by atoms with Crippen LogP contribution in [0.1, 0.15) is 29.7 Å². The Hall–Kier alpha value is -1.85. The van der Waals surface area contributed by atoms with Gasteiger partial charge in [-0.3, -0.25) is 10.1 Å². The Morgan fingerprint density at radius 1 is 1.14 bits per heavy atom. The van der Waals surface area contributed by atoms with Crippen molar-refractivity contribution >= 4 is 17.4 Å². The van der Waals surface area contributed by atoms with E-state index in [9.17, 15) is 15.2 Å². The second kappa shape index (κ2) is 6.28. The van der Waals surface area contributed by atoms with Gasteiger partial charge < -0.3 is 5.11 Å². The number of nitrogens with zero attached hydrogens (tertiary/aromatic N) is 1. The molecule has 0 bridgehead atoms. The Morgan fingerprint density at radius 3 is 2.43 bits per heavy atom. The molecular weight excluding hydrogens is 286 g/mol. The van der Waals surface area contributed by atoms with Gasteiger partial charge in [0.1, 0.15) is 0 Å². The standard InChI is InChI=1S/C16H17NO3S/c1-10-4-6-14(8-11(10)2)21-16-7-5-13(12(3)18)9-15(16)17(19)20/h4-9,12,18H,1-3H3/t12-/m0/s1. The van der Waals surface area contributed by atoms with E-state index in [-0.39, 0.29) is 5.69 Å². The first-order valence-corrected chi connectivity index (χ1v) is 7.41. The molecule has 1 atom stereocenters. The number of nitro benzene ring substituents is 1. The van der Waals surface area contributed by atoms with E-state index in [1.807, 2.05) is 32.0 Å². The van der Waals surface area contributed by atoms with E-state index in [0.29, 0.717) is 10.5 Å². The molecule has 21 heavy (non-hydrogen) atoms. The van der Waals surface area contributed by atoms with E-state index < -0.39 is 11.0 Å². The predicted octanol–water partition coefficient (Wildman–Crippen LogP) is 4.42. The van der Waals surface area contributed by atoms with E-state index >= 15 is 0 Å². The summed E-state index contributed by atoms with van der Waals surface area (Å²) in [5.74, 6) is 0. The molecule has 0 unspecified atom stereocenters. The summed E-state index contributed by atoms with van der Waals surface area (Å²) in [7, 11) is 0. The largest absolute Gasteiger partial charge is 0.389 e. The van der Waals surface area contributed by atoms with Gasteiger partial charge in [0.05, 0.1) is 15.9 Å². The normalized spacial score (nSPS) is 12.2. The number of rotatable bonds is 4. The maximum atomic E-state index is 11.2. The molecule has 0 aromatic heterocycles. The minimum absolute atomic E-state index is 0.0247. The van der Waals surface area contributed by atoms with Crippen molar-refractivity contribution in [2.45, 2.75) is 36.7 Å². The van der Waals surface area contributed by atoms with Gasteiger partial charge in [0.15, 0.2) is 0 Å². The Bertz CT molecular complexity index is 683. The van der Waals surface area contributed by atoms with Crippen LogP contribution in [0.25, 0.3) is 0 Å². The third-order valence-electron chi connectivity index (χ3n) is 3.37. The second-order valence-electron chi connectivity index (χ2n) is 5.01.